The van der Waals surface area contributed by atoms with E-state index in [1.165, 1.54) is 0 Å². The standard InChI is InChI=1S/C14H23N7/c1-5-14(3,4)10-16-12-18-11(15-6-2)19-13(20-12)21-9-7-8-17-21/h7-9H,5-6,10H2,1-4H3,(H2,15,16,18,19,20). The zero-order valence-electron chi connectivity index (χ0n) is 13.1. The van der Waals surface area contributed by atoms with Gasteiger partial charge in [-0.25, -0.2) is 4.68 Å². The van der Waals surface area contributed by atoms with Crippen LogP contribution in [0.25, 0.3) is 5.95 Å². The van der Waals surface area contributed by atoms with E-state index in [9.17, 15) is 0 Å². The van der Waals surface area contributed by atoms with Crippen molar-refractivity contribution in [2.24, 2.45) is 5.41 Å². The van der Waals surface area contributed by atoms with Crippen molar-refractivity contribution in [1.82, 2.24) is 24.7 Å². The first-order valence-corrected chi connectivity index (χ1v) is 7.28. The Kier molecular flexibility index (Phi) is 4.72. The molecule has 2 N–H and O–H groups in total. The largest absolute Gasteiger partial charge is 0.354 e. The molecule has 0 aromatic carbocycles. The molecular weight excluding hydrogens is 266 g/mol. The van der Waals surface area contributed by atoms with E-state index in [4.69, 9.17) is 0 Å². The van der Waals surface area contributed by atoms with Crippen molar-refractivity contribution in [2.75, 3.05) is 23.7 Å². The maximum absolute atomic E-state index is 4.42. The molecule has 0 saturated heterocycles. The molecule has 2 aromatic rings. The molecule has 7 heteroatoms. The van der Waals surface area contributed by atoms with Gasteiger partial charge in [0.15, 0.2) is 0 Å². The summed E-state index contributed by atoms with van der Waals surface area (Å²) >= 11 is 0. The fraction of sp³-hybridized carbons (Fsp3) is 0.571. The summed E-state index contributed by atoms with van der Waals surface area (Å²) < 4.78 is 1.62. The normalized spacial score (nSPS) is 11.4. The van der Waals surface area contributed by atoms with E-state index in [1.807, 2.05) is 19.2 Å². The van der Waals surface area contributed by atoms with Crippen molar-refractivity contribution in [3.05, 3.63) is 18.5 Å². The molecule has 0 aliphatic carbocycles. The van der Waals surface area contributed by atoms with Gasteiger partial charge in [-0.05, 0) is 24.8 Å². The number of nitrogens with one attached hydrogen (secondary N) is 2. The number of hydrogen-bond acceptors (Lipinski definition) is 6. The zero-order valence-corrected chi connectivity index (χ0v) is 13.1. The van der Waals surface area contributed by atoms with Gasteiger partial charge in [0, 0.05) is 25.5 Å². The predicted octanol–water partition coefficient (Wildman–Crippen LogP) is 2.34. The minimum absolute atomic E-state index is 0.191. The average molecular weight is 289 g/mol. The Morgan fingerprint density at radius 1 is 1.10 bits per heavy atom. The van der Waals surface area contributed by atoms with E-state index < -0.39 is 0 Å². The van der Waals surface area contributed by atoms with Crippen molar-refractivity contribution in [3.63, 3.8) is 0 Å². The first-order valence-electron chi connectivity index (χ1n) is 7.28. The van der Waals surface area contributed by atoms with E-state index in [-0.39, 0.29) is 5.41 Å². The molecule has 21 heavy (non-hydrogen) atoms. The van der Waals surface area contributed by atoms with Gasteiger partial charge in [0.05, 0.1) is 0 Å². The SMILES string of the molecule is CCNc1nc(NCC(C)(C)CC)nc(-n2cccn2)n1. The Hall–Kier alpha value is -2.18. The van der Waals surface area contributed by atoms with Crippen molar-refractivity contribution in [2.45, 2.75) is 34.1 Å². The Morgan fingerprint density at radius 3 is 2.38 bits per heavy atom. The van der Waals surface area contributed by atoms with Crippen LogP contribution in [0.1, 0.15) is 34.1 Å². The highest BCUT2D eigenvalue weighted by Gasteiger charge is 2.16. The molecule has 0 aliphatic rings. The van der Waals surface area contributed by atoms with Gasteiger partial charge in [0.25, 0.3) is 5.95 Å². The zero-order chi connectivity index (χ0) is 15.3. The molecule has 0 saturated carbocycles. The van der Waals surface area contributed by atoms with Crippen molar-refractivity contribution < 1.29 is 0 Å². The van der Waals surface area contributed by atoms with Crippen LogP contribution in [0, 0.1) is 5.41 Å². The van der Waals surface area contributed by atoms with Crippen LogP contribution >= 0.6 is 0 Å². The Morgan fingerprint density at radius 2 is 1.81 bits per heavy atom. The highest BCUT2D eigenvalue weighted by atomic mass is 15.4. The third-order valence-electron chi connectivity index (χ3n) is 3.35. The molecule has 0 spiro atoms. The monoisotopic (exact) mass is 289 g/mol. The molecular formula is C14H23N7. The molecule has 2 rings (SSSR count). The minimum Gasteiger partial charge on any atom is -0.354 e. The second kappa shape index (κ2) is 6.51. The van der Waals surface area contributed by atoms with Crippen LogP contribution in [0.3, 0.4) is 0 Å². The van der Waals surface area contributed by atoms with E-state index in [0.29, 0.717) is 17.8 Å². The van der Waals surface area contributed by atoms with E-state index in [2.05, 4.69) is 51.5 Å². The maximum Gasteiger partial charge on any atom is 0.257 e. The number of rotatable bonds is 7. The minimum atomic E-state index is 0.191. The molecule has 0 aliphatic heterocycles. The van der Waals surface area contributed by atoms with E-state index >= 15 is 0 Å². The predicted molar refractivity (Wildman–Crippen MR) is 83.7 cm³/mol. The van der Waals surface area contributed by atoms with Gasteiger partial charge < -0.3 is 10.6 Å². The molecule has 2 aromatic heterocycles. The maximum atomic E-state index is 4.42. The van der Waals surface area contributed by atoms with Crippen LogP contribution in [0.15, 0.2) is 18.5 Å². The summed E-state index contributed by atoms with van der Waals surface area (Å²) in [5.74, 6) is 1.62. The average Bonchev–Trinajstić information content (AvgIpc) is 3.00. The van der Waals surface area contributed by atoms with Crippen LogP contribution in [0.5, 0.6) is 0 Å². The van der Waals surface area contributed by atoms with Crippen LogP contribution in [-0.2, 0) is 0 Å². The summed E-state index contributed by atoms with van der Waals surface area (Å²) in [6.07, 6.45) is 4.59. The number of nitrogens with zero attached hydrogens (tertiary/aromatic N) is 5. The summed E-state index contributed by atoms with van der Waals surface area (Å²) in [6.45, 7) is 10.2. The lowest BCUT2D eigenvalue weighted by Gasteiger charge is -2.22. The number of hydrogen-bond donors (Lipinski definition) is 2. The van der Waals surface area contributed by atoms with Crippen molar-refractivity contribution in [1.29, 1.82) is 0 Å². The Bertz CT molecular complexity index is 563. The Balaban J connectivity index is 2.24. The van der Waals surface area contributed by atoms with E-state index in [0.717, 1.165) is 19.5 Å². The van der Waals surface area contributed by atoms with Crippen molar-refractivity contribution >= 4 is 11.9 Å². The van der Waals surface area contributed by atoms with Crippen molar-refractivity contribution in [3.8, 4) is 5.95 Å². The molecule has 0 bridgehead atoms. The molecule has 0 unspecified atom stereocenters. The van der Waals surface area contributed by atoms with Gasteiger partial charge in [-0.2, -0.15) is 20.1 Å². The Labute approximate surface area is 125 Å². The smallest absolute Gasteiger partial charge is 0.257 e. The fourth-order valence-electron chi connectivity index (χ4n) is 1.61. The molecule has 114 valence electrons. The molecule has 0 radical (unpaired) electrons. The van der Waals surface area contributed by atoms with Gasteiger partial charge in [0.2, 0.25) is 11.9 Å². The molecule has 0 atom stereocenters. The number of aromatic nitrogens is 5. The third kappa shape index (κ3) is 4.14. The second-order valence-electron chi connectivity index (χ2n) is 5.63. The lowest BCUT2D eigenvalue weighted by atomic mass is 9.90. The summed E-state index contributed by atoms with van der Waals surface area (Å²) in [5, 5.41) is 10.6. The highest BCUT2D eigenvalue weighted by Crippen LogP contribution is 2.20. The first kappa shape index (κ1) is 15.2. The lowest BCUT2D eigenvalue weighted by Crippen LogP contribution is -2.23. The van der Waals surface area contributed by atoms with Crippen LogP contribution in [0.2, 0.25) is 0 Å². The summed E-state index contributed by atoms with van der Waals surface area (Å²) in [6, 6.07) is 1.84. The van der Waals surface area contributed by atoms with Crippen LogP contribution in [0.4, 0.5) is 11.9 Å². The molecule has 0 fully saturated rings. The summed E-state index contributed by atoms with van der Waals surface area (Å²) in [7, 11) is 0. The third-order valence-corrected chi connectivity index (χ3v) is 3.35. The van der Waals surface area contributed by atoms with E-state index in [1.54, 1.807) is 10.9 Å². The fourth-order valence-corrected chi connectivity index (χ4v) is 1.61. The molecule has 2 heterocycles. The van der Waals surface area contributed by atoms with Crippen LogP contribution < -0.4 is 10.6 Å². The van der Waals surface area contributed by atoms with Gasteiger partial charge in [0.1, 0.15) is 0 Å². The topological polar surface area (TPSA) is 80.5 Å². The van der Waals surface area contributed by atoms with Gasteiger partial charge >= 0.3 is 0 Å². The molecule has 0 amide bonds. The quantitative estimate of drug-likeness (QED) is 0.814. The summed E-state index contributed by atoms with van der Waals surface area (Å²) in [5.41, 5.74) is 0.191. The lowest BCUT2D eigenvalue weighted by molar-refractivity contribution is 0.376. The highest BCUT2D eigenvalue weighted by molar-refractivity contribution is 5.37. The summed E-state index contributed by atoms with van der Waals surface area (Å²) in [4.78, 5) is 13.2. The molecule has 7 nitrogen and oxygen atoms in total. The van der Waals surface area contributed by atoms with Gasteiger partial charge in [-0.15, -0.1) is 0 Å². The first-order chi connectivity index (χ1) is 10.0. The van der Waals surface area contributed by atoms with Crippen LogP contribution in [-0.4, -0.2) is 37.8 Å². The van der Waals surface area contributed by atoms with Gasteiger partial charge in [-0.3, -0.25) is 0 Å². The second-order valence-corrected chi connectivity index (χ2v) is 5.63. The van der Waals surface area contributed by atoms with Gasteiger partial charge in [-0.1, -0.05) is 20.8 Å². The number of anilines is 2.